The van der Waals surface area contributed by atoms with Crippen molar-refractivity contribution in [2.24, 2.45) is 5.92 Å². The Kier molecular flexibility index (Phi) is 9.57. The maximum absolute atomic E-state index is 14.1. The van der Waals surface area contributed by atoms with Gasteiger partial charge in [-0.15, -0.1) is 0 Å². The largest absolute Gasteiger partial charge is 0.478 e. The van der Waals surface area contributed by atoms with Crippen molar-refractivity contribution >= 4 is 39.5 Å². The van der Waals surface area contributed by atoms with E-state index in [4.69, 9.17) is 4.74 Å². The number of anilines is 1. The molecule has 3 amide bonds. The number of hydrogen-bond acceptors (Lipinski definition) is 5. The molecule has 2 heterocycles. The number of hydrogen-bond donors (Lipinski definition) is 1. The monoisotopic (exact) mass is 694 g/mol. The quantitative estimate of drug-likeness (QED) is 0.373. The van der Waals surface area contributed by atoms with Crippen molar-refractivity contribution in [3.8, 4) is 5.75 Å². The molecule has 0 radical (unpaired) electrons. The first-order chi connectivity index (χ1) is 21.2. The molecule has 45 heavy (non-hydrogen) atoms. The third kappa shape index (κ3) is 8.03. The molecule has 5 rings (SSSR count). The normalized spacial score (nSPS) is 19.3. The molecule has 2 aliphatic heterocycles. The van der Waals surface area contributed by atoms with Gasteiger partial charge in [0.15, 0.2) is 5.60 Å². The Hall–Kier alpha value is -3.48. The van der Waals surface area contributed by atoms with Crippen LogP contribution in [0.3, 0.4) is 0 Å². The minimum absolute atomic E-state index is 0.0169. The van der Waals surface area contributed by atoms with Crippen molar-refractivity contribution in [3.05, 3.63) is 58.1 Å². The maximum atomic E-state index is 14.1. The number of carbonyl (C=O) groups is 3. The van der Waals surface area contributed by atoms with Crippen LogP contribution in [0.2, 0.25) is 0 Å². The van der Waals surface area contributed by atoms with Gasteiger partial charge in [0.25, 0.3) is 5.91 Å². The topological polar surface area (TPSA) is 93.6 Å². The van der Waals surface area contributed by atoms with E-state index in [1.165, 1.54) is 29.7 Å². The standard InChI is InChI=1S/C32H38BrF3N4O5/c1-31(2,29(42)37-12-14-38(15-13-37)30(43)44)45-27-17-23(32(34,35)36)16-26(18-27)39-11-3-4-22(20-39)28(41)40(25-9-10-25)19-21-5-7-24(33)8-6-21/h5-8,16-18,22,25H,3-4,9-15,19-20H2,1-2H3,(H,43,44)/t22-/m1/s1. The molecule has 13 heteroatoms. The summed E-state index contributed by atoms with van der Waals surface area (Å²) in [7, 11) is 0. The summed E-state index contributed by atoms with van der Waals surface area (Å²) in [6, 6.07) is 11.5. The van der Waals surface area contributed by atoms with Crippen molar-refractivity contribution in [3.63, 3.8) is 0 Å². The average molecular weight is 696 g/mol. The van der Waals surface area contributed by atoms with Gasteiger partial charge < -0.3 is 29.4 Å². The lowest BCUT2D eigenvalue weighted by molar-refractivity contribution is -0.147. The third-order valence-electron chi connectivity index (χ3n) is 8.62. The Bertz CT molecular complexity index is 1410. The molecular weight excluding hydrogens is 657 g/mol. The minimum atomic E-state index is -4.66. The summed E-state index contributed by atoms with van der Waals surface area (Å²) in [5.74, 6) is -0.897. The van der Waals surface area contributed by atoms with Crippen LogP contribution >= 0.6 is 15.9 Å². The second kappa shape index (κ2) is 13.1. The predicted molar refractivity (Wildman–Crippen MR) is 165 cm³/mol. The van der Waals surface area contributed by atoms with Crippen molar-refractivity contribution in [2.45, 2.75) is 63.9 Å². The van der Waals surface area contributed by atoms with Gasteiger partial charge in [-0.2, -0.15) is 13.2 Å². The molecule has 0 unspecified atom stereocenters. The third-order valence-corrected chi connectivity index (χ3v) is 9.15. The molecule has 1 aliphatic carbocycles. The van der Waals surface area contributed by atoms with Gasteiger partial charge in [-0.05, 0) is 69.4 Å². The van der Waals surface area contributed by atoms with Crippen LogP contribution in [-0.2, 0) is 22.3 Å². The molecule has 9 nitrogen and oxygen atoms in total. The molecular formula is C32H38BrF3N4O5. The number of amides is 3. The van der Waals surface area contributed by atoms with Gasteiger partial charge in [-0.1, -0.05) is 28.1 Å². The van der Waals surface area contributed by atoms with E-state index in [0.29, 0.717) is 25.9 Å². The molecule has 2 aromatic rings. The van der Waals surface area contributed by atoms with Gasteiger partial charge in [0.2, 0.25) is 5.91 Å². The van der Waals surface area contributed by atoms with Crippen molar-refractivity contribution in [2.75, 3.05) is 44.2 Å². The van der Waals surface area contributed by atoms with Crippen LogP contribution in [0.1, 0.15) is 50.7 Å². The van der Waals surface area contributed by atoms with Crippen molar-refractivity contribution in [1.29, 1.82) is 0 Å². The molecule has 0 bridgehead atoms. The van der Waals surface area contributed by atoms with Gasteiger partial charge in [-0.3, -0.25) is 9.59 Å². The zero-order valence-corrected chi connectivity index (χ0v) is 26.9. The average Bonchev–Trinajstić information content (AvgIpc) is 3.85. The lowest BCUT2D eigenvalue weighted by atomic mass is 9.95. The van der Waals surface area contributed by atoms with Gasteiger partial charge in [0, 0.05) is 68.1 Å². The van der Waals surface area contributed by atoms with E-state index in [1.54, 1.807) is 4.90 Å². The van der Waals surface area contributed by atoms with Gasteiger partial charge in [0.05, 0.1) is 11.5 Å². The summed E-state index contributed by atoms with van der Waals surface area (Å²) < 4.78 is 49.1. The Labute approximate surface area is 269 Å². The first kappa shape index (κ1) is 32.9. The first-order valence-electron chi connectivity index (χ1n) is 15.2. The van der Waals surface area contributed by atoms with Crippen LogP contribution < -0.4 is 9.64 Å². The molecule has 0 aromatic heterocycles. The van der Waals surface area contributed by atoms with Crippen LogP contribution in [0.15, 0.2) is 46.9 Å². The highest BCUT2D eigenvalue weighted by Crippen LogP contribution is 2.38. The molecule has 244 valence electrons. The zero-order valence-electron chi connectivity index (χ0n) is 25.4. The van der Waals surface area contributed by atoms with Gasteiger partial charge >= 0.3 is 12.3 Å². The molecule has 1 atom stereocenters. The number of carbonyl (C=O) groups excluding carboxylic acids is 2. The van der Waals surface area contributed by atoms with Crippen LogP contribution in [0, 0.1) is 5.92 Å². The predicted octanol–water partition coefficient (Wildman–Crippen LogP) is 5.86. The van der Waals surface area contributed by atoms with E-state index >= 15 is 0 Å². The summed E-state index contributed by atoms with van der Waals surface area (Å²) in [5.41, 5.74) is -1.12. The minimum Gasteiger partial charge on any atom is -0.478 e. The first-order valence-corrected chi connectivity index (χ1v) is 16.0. The summed E-state index contributed by atoms with van der Waals surface area (Å²) in [5, 5.41) is 9.19. The molecule has 1 saturated carbocycles. The van der Waals surface area contributed by atoms with E-state index in [9.17, 15) is 32.7 Å². The molecule has 3 aliphatic rings. The van der Waals surface area contributed by atoms with Crippen molar-refractivity contribution in [1.82, 2.24) is 14.7 Å². The number of halogens is 4. The lowest BCUT2D eigenvalue weighted by Gasteiger charge is -2.38. The fourth-order valence-corrected chi connectivity index (χ4v) is 6.28. The Morgan fingerprint density at radius 3 is 2.20 bits per heavy atom. The SMILES string of the molecule is CC(C)(Oc1cc(N2CCC[C@@H](C(=O)N(Cc3ccc(Br)cc3)C3CC3)C2)cc(C(F)(F)F)c1)C(=O)N1CCN(C(=O)O)CC1. The molecule has 1 N–H and O–H groups in total. The van der Waals surface area contributed by atoms with Crippen molar-refractivity contribution < 1.29 is 37.4 Å². The molecule has 3 fully saturated rings. The van der Waals surface area contributed by atoms with Gasteiger partial charge in [-0.25, -0.2) is 4.79 Å². The number of alkyl halides is 3. The number of nitrogens with zero attached hydrogens (tertiary/aromatic N) is 4. The fourth-order valence-electron chi connectivity index (χ4n) is 6.02. The zero-order chi connectivity index (χ0) is 32.5. The van der Waals surface area contributed by atoms with Gasteiger partial charge in [0.1, 0.15) is 5.75 Å². The highest BCUT2D eigenvalue weighted by molar-refractivity contribution is 9.10. The van der Waals surface area contributed by atoms with Crippen LogP contribution in [0.5, 0.6) is 5.75 Å². The summed E-state index contributed by atoms with van der Waals surface area (Å²) in [4.78, 5) is 44.7. The van der Waals surface area contributed by atoms with E-state index in [1.807, 2.05) is 29.2 Å². The van der Waals surface area contributed by atoms with E-state index in [0.717, 1.165) is 35.0 Å². The van der Waals surface area contributed by atoms with E-state index in [-0.39, 0.29) is 62.0 Å². The lowest BCUT2D eigenvalue weighted by Crippen LogP contribution is -2.56. The summed E-state index contributed by atoms with van der Waals surface area (Å²) in [6.07, 6.45) is -2.55. The number of benzene rings is 2. The second-order valence-electron chi connectivity index (χ2n) is 12.5. The van der Waals surface area contributed by atoms with Crippen LogP contribution in [0.25, 0.3) is 0 Å². The van der Waals surface area contributed by atoms with Crippen LogP contribution in [-0.4, -0.2) is 88.6 Å². The highest BCUT2D eigenvalue weighted by Gasteiger charge is 2.40. The fraction of sp³-hybridized carbons (Fsp3) is 0.531. The van der Waals surface area contributed by atoms with E-state index < -0.39 is 29.3 Å². The number of piperidine rings is 1. The molecule has 2 aromatic carbocycles. The molecule has 0 spiro atoms. The molecule has 2 saturated heterocycles. The maximum Gasteiger partial charge on any atom is 0.416 e. The summed E-state index contributed by atoms with van der Waals surface area (Å²) in [6.45, 7) is 4.84. The Morgan fingerprint density at radius 1 is 0.956 bits per heavy atom. The number of ether oxygens (including phenoxy) is 1. The highest BCUT2D eigenvalue weighted by atomic mass is 79.9. The number of rotatable bonds is 8. The van der Waals surface area contributed by atoms with E-state index in [2.05, 4.69) is 15.9 Å². The Morgan fingerprint density at radius 2 is 1.60 bits per heavy atom. The second-order valence-corrected chi connectivity index (χ2v) is 13.4. The summed E-state index contributed by atoms with van der Waals surface area (Å²) >= 11 is 3.44. The number of piperazine rings is 1. The van der Waals surface area contributed by atoms with Crippen LogP contribution in [0.4, 0.5) is 23.7 Å². The number of carboxylic acid groups (broad SMARTS) is 1. The Balaban J connectivity index is 1.32. The smallest absolute Gasteiger partial charge is 0.416 e.